The van der Waals surface area contributed by atoms with Gasteiger partial charge in [-0.1, -0.05) is 80.4 Å². The molecule has 0 N–H and O–H groups in total. The molecule has 2 heterocycles. The molecular formula is C39H51ClN4O2. The van der Waals surface area contributed by atoms with Crippen molar-refractivity contribution in [1.29, 1.82) is 0 Å². The van der Waals surface area contributed by atoms with E-state index in [1.54, 1.807) is 0 Å². The molecule has 7 heteroatoms. The molecule has 1 saturated heterocycles. The smallest absolute Gasteiger partial charge is 0.326 e. The Morgan fingerprint density at radius 3 is 2.00 bits per heavy atom. The number of carbonyl (C=O) groups is 1. The van der Waals surface area contributed by atoms with Crippen molar-refractivity contribution in [2.24, 2.45) is 4.99 Å². The Morgan fingerprint density at radius 1 is 0.870 bits per heavy atom. The zero-order chi connectivity index (χ0) is 33.7. The van der Waals surface area contributed by atoms with Crippen LogP contribution in [0.3, 0.4) is 0 Å². The summed E-state index contributed by atoms with van der Waals surface area (Å²) in [5.41, 5.74) is 3.38. The van der Waals surface area contributed by atoms with Gasteiger partial charge in [-0.2, -0.15) is 0 Å². The van der Waals surface area contributed by atoms with Gasteiger partial charge in [-0.05, 0) is 94.8 Å². The number of urea groups is 1. The van der Waals surface area contributed by atoms with Crippen LogP contribution in [0, 0.1) is 6.92 Å². The fraction of sp³-hybridized carbons (Fsp3) is 0.487. The molecule has 0 unspecified atom stereocenters. The molecule has 2 atom stereocenters. The number of halogens is 1. The van der Waals surface area contributed by atoms with Crippen LogP contribution < -0.4 is 4.74 Å². The van der Waals surface area contributed by atoms with Gasteiger partial charge in [0.1, 0.15) is 22.7 Å². The SMILES string of the molecule is CCOc1cc(C(C)(C)C)ccc1C1=N[C@@](C)(c2ccc(C)cc2)[C@@](C)(c2ccc(Cl)cc2)N1C(=O)N1CCN(C(C)(C)C)CC1. The van der Waals surface area contributed by atoms with E-state index in [4.69, 9.17) is 21.3 Å². The normalized spacial score (nSPS) is 22.6. The van der Waals surface area contributed by atoms with Crippen LogP contribution in [-0.4, -0.2) is 64.9 Å². The first-order valence-corrected chi connectivity index (χ1v) is 16.9. The van der Waals surface area contributed by atoms with Crippen molar-refractivity contribution in [3.8, 4) is 5.75 Å². The van der Waals surface area contributed by atoms with E-state index in [1.807, 2.05) is 41.0 Å². The van der Waals surface area contributed by atoms with Crippen LogP contribution >= 0.6 is 11.6 Å². The van der Waals surface area contributed by atoms with Crippen molar-refractivity contribution in [2.45, 2.75) is 91.3 Å². The fourth-order valence-electron chi connectivity index (χ4n) is 6.83. The number of benzene rings is 3. The van der Waals surface area contributed by atoms with Gasteiger partial charge in [0.05, 0.1) is 12.2 Å². The van der Waals surface area contributed by atoms with Gasteiger partial charge >= 0.3 is 6.03 Å². The molecule has 2 amide bonds. The second-order valence-electron chi connectivity index (χ2n) is 15.1. The minimum atomic E-state index is -0.896. The maximum absolute atomic E-state index is 15.2. The topological polar surface area (TPSA) is 48.4 Å². The van der Waals surface area contributed by atoms with Crippen molar-refractivity contribution < 1.29 is 9.53 Å². The maximum Gasteiger partial charge on any atom is 0.326 e. The van der Waals surface area contributed by atoms with E-state index in [1.165, 1.54) is 5.56 Å². The number of hydrogen-bond acceptors (Lipinski definition) is 4. The summed E-state index contributed by atoms with van der Waals surface area (Å²) in [4.78, 5) is 27.2. The molecule has 0 aliphatic carbocycles. The summed E-state index contributed by atoms with van der Waals surface area (Å²) >= 11 is 6.43. The molecule has 0 aromatic heterocycles. The van der Waals surface area contributed by atoms with Gasteiger partial charge < -0.3 is 9.64 Å². The number of aryl methyl sites for hydroxylation is 1. The monoisotopic (exact) mass is 642 g/mol. The number of amides is 2. The van der Waals surface area contributed by atoms with Gasteiger partial charge in [0.15, 0.2) is 0 Å². The maximum atomic E-state index is 15.2. The summed E-state index contributed by atoms with van der Waals surface area (Å²) in [5, 5.41) is 0.649. The van der Waals surface area contributed by atoms with E-state index in [2.05, 4.69) is 110 Å². The van der Waals surface area contributed by atoms with E-state index in [0.717, 1.165) is 41.1 Å². The largest absolute Gasteiger partial charge is 0.493 e. The highest BCUT2D eigenvalue weighted by Gasteiger charge is 2.60. The lowest BCUT2D eigenvalue weighted by atomic mass is 9.70. The first-order valence-electron chi connectivity index (χ1n) is 16.6. The Labute approximate surface area is 281 Å². The van der Waals surface area contributed by atoms with E-state index in [9.17, 15) is 0 Å². The second-order valence-corrected chi connectivity index (χ2v) is 15.5. The lowest BCUT2D eigenvalue weighted by molar-refractivity contribution is 0.0551. The first-order chi connectivity index (χ1) is 21.5. The molecular weight excluding hydrogens is 592 g/mol. The molecule has 0 saturated carbocycles. The highest BCUT2D eigenvalue weighted by Crippen LogP contribution is 2.54. The highest BCUT2D eigenvalue weighted by atomic mass is 35.5. The van der Waals surface area contributed by atoms with Crippen molar-refractivity contribution in [3.05, 3.63) is 99.6 Å². The molecule has 6 nitrogen and oxygen atoms in total. The number of carbonyl (C=O) groups excluding carboxylic acids is 1. The second kappa shape index (κ2) is 12.4. The molecule has 46 heavy (non-hydrogen) atoms. The average molecular weight is 643 g/mol. The highest BCUT2D eigenvalue weighted by molar-refractivity contribution is 6.30. The van der Waals surface area contributed by atoms with E-state index in [-0.39, 0.29) is 17.0 Å². The number of piperazine rings is 1. The average Bonchev–Trinajstić information content (AvgIpc) is 3.24. The molecule has 3 aromatic carbocycles. The van der Waals surface area contributed by atoms with E-state index < -0.39 is 11.1 Å². The van der Waals surface area contributed by atoms with Gasteiger partial charge in [0, 0.05) is 36.7 Å². The first kappa shape index (κ1) is 34.0. The standard InChI is InChI=1S/C39H51ClN4O2/c1-11-46-33-26-30(36(3,4)5)18-21-32(33)34-41-38(9,28-14-12-27(2)13-15-28)39(10,29-16-19-31(40)20-17-29)44(34)35(45)42-22-24-43(25-23-42)37(6,7)8/h12-21,26H,11,22-25H2,1-10H3/t38-,39+/m0/s1. The zero-order valence-electron chi connectivity index (χ0n) is 29.4. The van der Waals surface area contributed by atoms with Crippen molar-refractivity contribution >= 4 is 23.5 Å². The van der Waals surface area contributed by atoms with Gasteiger partial charge in [-0.15, -0.1) is 0 Å². The molecule has 5 rings (SSSR count). The van der Waals surface area contributed by atoms with Crippen LogP contribution in [0.15, 0.2) is 71.7 Å². The zero-order valence-corrected chi connectivity index (χ0v) is 30.1. The molecule has 246 valence electrons. The lowest BCUT2D eigenvalue weighted by Gasteiger charge is -2.48. The molecule has 2 aliphatic heterocycles. The molecule has 0 spiro atoms. The Kier molecular flexibility index (Phi) is 9.13. The molecule has 0 radical (unpaired) electrons. The number of hydrogen-bond donors (Lipinski definition) is 0. The minimum Gasteiger partial charge on any atom is -0.493 e. The van der Waals surface area contributed by atoms with Crippen LogP contribution in [-0.2, 0) is 16.5 Å². The predicted molar refractivity (Wildman–Crippen MR) is 190 cm³/mol. The number of amidine groups is 1. The lowest BCUT2D eigenvalue weighted by Crippen LogP contribution is -2.62. The third-order valence-electron chi connectivity index (χ3n) is 10.0. The number of rotatable bonds is 5. The molecule has 1 fully saturated rings. The minimum absolute atomic E-state index is 0.0401. The quantitative estimate of drug-likeness (QED) is 0.280. The van der Waals surface area contributed by atoms with Gasteiger partial charge in [-0.3, -0.25) is 14.8 Å². The predicted octanol–water partition coefficient (Wildman–Crippen LogP) is 8.77. The Balaban J connectivity index is 1.75. The fourth-order valence-corrected chi connectivity index (χ4v) is 6.96. The summed E-state index contributed by atoms with van der Waals surface area (Å²) in [6.45, 7) is 25.1. The van der Waals surface area contributed by atoms with Crippen LogP contribution in [0.2, 0.25) is 5.02 Å². The Hall–Kier alpha value is -3.35. The van der Waals surface area contributed by atoms with E-state index in [0.29, 0.717) is 30.6 Å². The third-order valence-corrected chi connectivity index (χ3v) is 10.3. The molecule has 0 bridgehead atoms. The Morgan fingerprint density at radius 2 is 1.46 bits per heavy atom. The summed E-state index contributed by atoms with van der Waals surface area (Å²) in [6, 6.07) is 22.7. The summed E-state index contributed by atoms with van der Waals surface area (Å²) < 4.78 is 6.33. The third kappa shape index (κ3) is 6.06. The van der Waals surface area contributed by atoms with Crippen LogP contribution in [0.1, 0.15) is 90.1 Å². The number of nitrogens with zero attached hydrogens (tertiary/aromatic N) is 4. The molecule has 3 aromatic rings. The number of ether oxygens (including phenoxy) is 1. The van der Waals surface area contributed by atoms with E-state index >= 15 is 4.79 Å². The summed E-state index contributed by atoms with van der Waals surface area (Å²) in [7, 11) is 0. The molecule has 2 aliphatic rings. The van der Waals surface area contributed by atoms with Crippen molar-refractivity contribution in [3.63, 3.8) is 0 Å². The van der Waals surface area contributed by atoms with Gasteiger partial charge in [0.2, 0.25) is 0 Å². The van der Waals surface area contributed by atoms with Gasteiger partial charge in [-0.25, -0.2) is 4.79 Å². The van der Waals surface area contributed by atoms with Crippen molar-refractivity contribution in [2.75, 3.05) is 32.8 Å². The summed E-state index contributed by atoms with van der Waals surface area (Å²) in [6.07, 6.45) is 0. The van der Waals surface area contributed by atoms with Crippen LogP contribution in [0.5, 0.6) is 5.75 Å². The number of aliphatic imine (C=N–C) groups is 1. The van der Waals surface area contributed by atoms with Crippen LogP contribution in [0.25, 0.3) is 0 Å². The Bertz CT molecular complexity index is 1590. The summed E-state index contributed by atoms with van der Waals surface area (Å²) in [5.74, 6) is 1.35. The van der Waals surface area contributed by atoms with Gasteiger partial charge in [0.25, 0.3) is 0 Å². The van der Waals surface area contributed by atoms with Crippen molar-refractivity contribution in [1.82, 2.24) is 14.7 Å². The van der Waals surface area contributed by atoms with Crippen LogP contribution in [0.4, 0.5) is 4.79 Å².